The van der Waals surface area contributed by atoms with Gasteiger partial charge in [0.05, 0.1) is 19.0 Å². The van der Waals surface area contributed by atoms with Crippen LogP contribution >= 0.6 is 0 Å². The smallest absolute Gasteiger partial charge is 0.226 e. The lowest BCUT2D eigenvalue weighted by Crippen LogP contribution is -2.17. The number of anilines is 1. The zero-order valence-electron chi connectivity index (χ0n) is 16.4. The Labute approximate surface area is 173 Å². The molecule has 0 bridgehead atoms. The molecule has 0 saturated heterocycles. The quantitative estimate of drug-likeness (QED) is 0.552. The van der Waals surface area contributed by atoms with Crippen LogP contribution in [0.4, 0.5) is 5.95 Å². The molecular formula is C22H19N7O. The number of fused-ring (bicyclic) bond motifs is 1. The number of rotatable bonds is 5. The van der Waals surface area contributed by atoms with Crippen molar-refractivity contribution in [2.75, 3.05) is 12.0 Å². The molecule has 0 spiro atoms. The Kier molecular flexibility index (Phi) is 4.65. The molecule has 148 valence electrons. The van der Waals surface area contributed by atoms with Gasteiger partial charge in [-0.15, -0.1) is 0 Å². The molecule has 4 aromatic rings. The van der Waals surface area contributed by atoms with E-state index < -0.39 is 0 Å². The predicted octanol–water partition coefficient (Wildman–Crippen LogP) is 3.36. The molecule has 0 aliphatic carbocycles. The minimum Gasteiger partial charge on any atom is -0.497 e. The summed E-state index contributed by atoms with van der Waals surface area (Å²) in [6, 6.07) is 9.83. The molecule has 1 aliphatic rings. The van der Waals surface area contributed by atoms with E-state index in [-0.39, 0.29) is 0 Å². The van der Waals surface area contributed by atoms with E-state index in [9.17, 15) is 0 Å². The highest BCUT2D eigenvalue weighted by Crippen LogP contribution is 2.29. The Morgan fingerprint density at radius 2 is 1.90 bits per heavy atom. The molecule has 1 N–H and O–H groups in total. The maximum Gasteiger partial charge on any atom is 0.226 e. The van der Waals surface area contributed by atoms with Crippen LogP contribution in [0.25, 0.3) is 23.7 Å². The molecule has 0 radical (unpaired) electrons. The van der Waals surface area contributed by atoms with Crippen molar-refractivity contribution in [1.29, 1.82) is 0 Å². The molecule has 4 heterocycles. The fraction of sp³-hybridized carbons (Fsp3) is 0.136. The van der Waals surface area contributed by atoms with Crippen molar-refractivity contribution in [2.45, 2.75) is 13.1 Å². The summed E-state index contributed by atoms with van der Waals surface area (Å²) in [5.41, 5.74) is 4.94. The summed E-state index contributed by atoms with van der Waals surface area (Å²) < 4.78 is 5.33. The predicted molar refractivity (Wildman–Crippen MR) is 113 cm³/mol. The molecule has 0 saturated carbocycles. The number of aromatic amines is 1. The van der Waals surface area contributed by atoms with E-state index in [0.717, 1.165) is 30.1 Å². The number of hydrogen-bond acceptors (Lipinski definition) is 7. The summed E-state index contributed by atoms with van der Waals surface area (Å²) in [5, 5.41) is 6.72. The number of ether oxygens (including phenoxy) is 1. The van der Waals surface area contributed by atoms with Gasteiger partial charge in [-0.25, -0.2) is 19.9 Å². The Balaban J connectivity index is 1.38. The van der Waals surface area contributed by atoms with Gasteiger partial charge in [-0.3, -0.25) is 5.10 Å². The Bertz CT molecular complexity index is 1200. The largest absolute Gasteiger partial charge is 0.497 e. The van der Waals surface area contributed by atoms with Gasteiger partial charge in [-0.2, -0.15) is 5.10 Å². The van der Waals surface area contributed by atoms with Crippen molar-refractivity contribution in [3.8, 4) is 17.3 Å². The second-order valence-corrected chi connectivity index (χ2v) is 6.90. The number of nitrogens with zero attached hydrogens (tertiary/aromatic N) is 6. The molecule has 0 fully saturated rings. The molecule has 8 heteroatoms. The van der Waals surface area contributed by atoms with E-state index in [1.54, 1.807) is 25.7 Å². The number of nitrogens with one attached hydrogen (secondary N) is 1. The van der Waals surface area contributed by atoms with Crippen LogP contribution in [0.3, 0.4) is 0 Å². The highest BCUT2D eigenvalue weighted by molar-refractivity contribution is 5.68. The lowest BCUT2D eigenvalue weighted by atomic mass is 10.1. The van der Waals surface area contributed by atoms with Gasteiger partial charge in [0.25, 0.3) is 0 Å². The average molecular weight is 397 g/mol. The van der Waals surface area contributed by atoms with Gasteiger partial charge in [0.2, 0.25) is 5.95 Å². The van der Waals surface area contributed by atoms with Crippen molar-refractivity contribution < 1.29 is 4.74 Å². The van der Waals surface area contributed by atoms with Crippen LogP contribution in [-0.2, 0) is 13.1 Å². The highest BCUT2D eigenvalue weighted by atomic mass is 16.5. The van der Waals surface area contributed by atoms with E-state index in [2.05, 4.69) is 42.2 Å². The number of methoxy groups -OCH3 is 1. The lowest BCUT2D eigenvalue weighted by Gasteiger charge is -2.15. The summed E-state index contributed by atoms with van der Waals surface area (Å²) in [6.07, 6.45) is 10.9. The maximum absolute atomic E-state index is 5.33. The van der Waals surface area contributed by atoms with Crippen LogP contribution in [0.2, 0.25) is 0 Å². The molecule has 8 nitrogen and oxygen atoms in total. The topological polar surface area (TPSA) is 92.7 Å². The second-order valence-electron chi connectivity index (χ2n) is 6.90. The Morgan fingerprint density at radius 3 is 2.77 bits per heavy atom. The zero-order valence-corrected chi connectivity index (χ0v) is 16.4. The van der Waals surface area contributed by atoms with Crippen molar-refractivity contribution in [2.24, 2.45) is 0 Å². The van der Waals surface area contributed by atoms with Crippen molar-refractivity contribution in [1.82, 2.24) is 30.1 Å². The molecule has 3 aromatic heterocycles. The molecule has 5 rings (SSSR count). The van der Waals surface area contributed by atoms with Crippen molar-refractivity contribution >= 4 is 18.1 Å². The molecular weight excluding hydrogens is 378 g/mol. The van der Waals surface area contributed by atoms with E-state index in [1.165, 1.54) is 11.1 Å². The summed E-state index contributed by atoms with van der Waals surface area (Å²) >= 11 is 0. The van der Waals surface area contributed by atoms with Gasteiger partial charge in [0.1, 0.15) is 11.4 Å². The monoisotopic (exact) mass is 397 g/mol. The first-order valence-electron chi connectivity index (χ1n) is 9.52. The van der Waals surface area contributed by atoms with E-state index in [4.69, 9.17) is 9.72 Å². The fourth-order valence-electron chi connectivity index (χ4n) is 3.39. The van der Waals surface area contributed by atoms with Gasteiger partial charge in [-0.05, 0) is 47.5 Å². The Hall–Kier alpha value is -4.07. The molecule has 0 amide bonds. The van der Waals surface area contributed by atoms with Gasteiger partial charge in [0, 0.05) is 37.2 Å². The molecule has 1 aliphatic heterocycles. The van der Waals surface area contributed by atoms with E-state index in [0.29, 0.717) is 17.5 Å². The third kappa shape index (κ3) is 3.62. The number of H-pyrrole nitrogens is 1. The van der Waals surface area contributed by atoms with Crippen LogP contribution in [0.15, 0.2) is 55.1 Å². The normalized spacial score (nSPS) is 13.0. The fourth-order valence-corrected chi connectivity index (χ4v) is 3.39. The molecule has 0 unspecified atom stereocenters. The lowest BCUT2D eigenvalue weighted by molar-refractivity contribution is 0.414. The van der Waals surface area contributed by atoms with Crippen LogP contribution in [-0.4, -0.2) is 37.2 Å². The third-order valence-electron chi connectivity index (χ3n) is 4.93. The summed E-state index contributed by atoms with van der Waals surface area (Å²) in [4.78, 5) is 20.3. The summed E-state index contributed by atoms with van der Waals surface area (Å²) in [6.45, 7) is 1.50. The van der Waals surface area contributed by atoms with E-state index in [1.807, 2.05) is 36.5 Å². The SMILES string of the molecule is COc1ccc2c(c1)CN(c1nccc(-c3nccc(/C=C/c4cn[nH]c4)n3)n1)C2. The van der Waals surface area contributed by atoms with Crippen LogP contribution < -0.4 is 9.64 Å². The minimum atomic E-state index is 0.561. The van der Waals surface area contributed by atoms with Gasteiger partial charge in [0.15, 0.2) is 5.82 Å². The van der Waals surface area contributed by atoms with E-state index >= 15 is 0 Å². The summed E-state index contributed by atoms with van der Waals surface area (Å²) in [5.74, 6) is 2.08. The molecule has 30 heavy (non-hydrogen) atoms. The first kappa shape index (κ1) is 18.0. The number of aromatic nitrogens is 6. The second kappa shape index (κ2) is 7.75. The van der Waals surface area contributed by atoms with Crippen molar-refractivity contribution in [3.63, 3.8) is 0 Å². The molecule has 0 atom stereocenters. The highest BCUT2D eigenvalue weighted by Gasteiger charge is 2.22. The van der Waals surface area contributed by atoms with Gasteiger partial charge in [-0.1, -0.05) is 6.07 Å². The van der Waals surface area contributed by atoms with Crippen LogP contribution in [0, 0.1) is 0 Å². The van der Waals surface area contributed by atoms with Gasteiger partial charge < -0.3 is 9.64 Å². The van der Waals surface area contributed by atoms with Crippen LogP contribution in [0.5, 0.6) is 5.75 Å². The zero-order chi connectivity index (χ0) is 20.3. The van der Waals surface area contributed by atoms with Crippen molar-refractivity contribution in [3.05, 3.63) is 77.5 Å². The number of hydrogen-bond donors (Lipinski definition) is 1. The van der Waals surface area contributed by atoms with Crippen LogP contribution in [0.1, 0.15) is 22.4 Å². The average Bonchev–Trinajstić information content (AvgIpc) is 3.47. The first-order valence-corrected chi connectivity index (χ1v) is 9.52. The Morgan fingerprint density at radius 1 is 1.00 bits per heavy atom. The standard InChI is InChI=1S/C22H19N7O/c1-30-19-5-3-16-13-29(14-17(16)10-19)22-24-9-7-20(28-22)21-23-8-6-18(27-21)4-2-15-11-25-26-12-15/h2-12H,13-14H2,1H3,(H,25,26)/b4-2+. The van der Waals surface area contributed by atoms with Gasteiger partial charge >= 0.3 is 0 Å². The minimum absolute atomic E-state index is 0.561. The summed E-state index contributed by atoms with van der Waals surface area (Å²) in [7, 11) is 1.68. The molecule has 1 aromatic carbocycles. The number of benzene rings is 1. The first-order chi connectivity index (χ1) is 14.8. The third-order valence-corrected chi connectivity index (χ3v) is 4.93. The maximum atomic E-state index is 5.33.